The van der Waals surface area contributed by atoms with Gasteiger partial charge in [-0.15, -0.1) is 0 Å². The molecule has 0 aliphatic heterocycles. The molecule has 1 rings (SSSR count). The molecule has 0 aliphatic carbocycles. The predicted octanol–water partition coefficient (Wildman–Crippen LogP) is 3.51. The van der Waals surface area contributed by atoms with Crippen LogP contribution in [0, 0.1) is 0 Å². The van der Waals surface area contributed by atoms with E-state index in [1.807, 2.05) is 12.1 Å². The summed E-state index contributed by atoms with van der Waals surface area (Å²) in [5, 5.41) is 4.65. The van der Waals surface area contributed by atoms with Crippen LogP contribution in [0.15, 0.2) is 18.2 Å². The third-order valence-corrected chi connectivity index (χ3v) is 3.54. The normalized spacial score (nSPS) is 12.3. The van der Waals surface area contributed by atoms with Crippen LogP contribution in [-0.2, 0) is 4.79 Å². The zero-order valence-corrected chi connectivity index (χ0v) is 13.1. The summed E-state index contributed by atoms with van der Waals surface area (Å²) in [6.45, 7) is 2.71. The first-order chi connectivity index (χ1) is 8.95. The zero-order valence-electron chi connectivity index (χ0n) is 11.5. The molecule has 5 heteroatoms. The van der Waals surface area contributed by atoms with Crippen molar-refractivity contribution in [3.8, 4) is 0 Å². The summed E-state index contributed by atoms with van der Waals surface area (Å²) in [7, 11) is 3.52. The molecule has 0 saturated carbocycles. The molecule has 1 aromatic rings. The van der Waals surface area contributed by atoms with Crippen molar-refractivity contribution in [2.75, 3.05) is 20.6 Å². The Bertz CT molecular complexity index is 435. The number of nitrogens with zero attached hydrogens (tertiary/aromatic N) is 1. The van der Waals surface area contributed by atoms with Crippen molar-refractivity contribution in [1.82, 2.24) is 10.2 Å². The van der Waals surface area contributed by atoms with E-state index in [-0.39, 0.29) is 11.9 Å². The minimum absolute atomic E-state index is 0.115. The van der Waals surface area contributed by atoms with Gasteiger partial charge in [0.1, 0.15) is 0 Å². The number of amides is 1. The van der Waals surface area contributed by atoms with Gasteiger partial charge in [-0.1, -0.05) is 36.2 Å². The fraction of sp³-hybridized carbons (Fsp3) is 0.500. The Balaban J connectivity index is 2.61. The molecule has 0 saturated heterocycles. The first kappa shape index (κ1) is 16.3. The van der Waals surface area contributed by atoms with Crippen molar-refractivity contribution < 1.29 is 4.79 Å². The Hall–Kier alpha value is -0.770. The van der Waals surface area contributed by atoms with Crippen molar-refractivity contribution in [3.05, 3.63) is 33.8 Å². The lowest BCUT2D eigenvalue weighted by molar-refractivity contribution is -0.128. The third-order valence-electron chi connectivity index (χ3n) is 2.97. The molecule has 0 aliphatic rings. The molecule has 0 aromatic heterocycles. The first-order valence-corrected chi connectivity index (χ1v) is 7.09. The van der Waals surface area contributed by atoms with E-state index in [1.54, 1.807) is 25.1 Å². The van der Waals surface area contributed by atoms with Crippen LogP contribution in [0.25, 0.3) is 0 Å². The molecule has 1 unspecified atom stereocenters. The molecule has 0 spiro atoms. The van der Waals surface area contributed by atoms with Gasteiger partial charge in [0, 0.05) is 43.1 Å². The lowest BCUT2D eigenvalue weighted by Gasteiger charge is -2.19. The number of carbonyl (C=O) groups is 1. The van der Waals surface area contributed by atoms with Gasteiger partial charge in [0.2, 0.25) is 5.91 Å². The Labute approximate surface area is 124 Å². The number of hydrogen-bond donors (Lipinski definition) is 1. The van der Waals surface area contributed by atoms with Gasteiger partial charge in [0.25, 0.3) is 0 Å². The highest BCUT2D eigenvalue weighted by Gasteiger charge is 2.13. The van der Waals surface area contributed by atoms with E-state index in [2.05, 4.69) is 12.2 Å². The zero-order chi connectivity index (χ0) is 14.4. The van der Waals surface area contributed by atoms with Crippen molar-refractivity contribution in [2.45, 2.75) is 25.8 Å². The second-order valence-electron chi connectivity index (χ2n) is 4.62. The summed E-state index contributed by atoms with van der Waals surface area (Å²) in [5.74, 6) is 0.115. The number of hydrogen-bond acceptors (Lipinski definition) is 2. The van der Waals surface area contributed by atoms with E-state index < -0.39 is 0 Å². The average Bonchev–Trinajstić information content (AvgIpc) is 2.35. The van der Waals surface area contributed by atoms with Crippen LogP contribution < -0.4 is 5.32 Å². The third kappa shape index (κ3) is 5.01. The van der Waals surface area contributed by atoms with E-state index in [1.165, 1.54) is 0 Å². The molecule has 1 atom stereocenters. The number of halogens is 2. The number of benzene rings is 1. The Morgan fingerprint density at radius 1 is 1.37 bits per heavy atom. The van der Waals surface area contributed by atoms with Gasteiger partial charge in [-0.2, -0.15) is 0 Å². The summed E-state index contributed by atoms with van der Waals surface area (Å²) < 4.78 is 0. The van der Waals surface area contributed by atoms with E-state index in [9.17, 15) is 4.79 Å². The predicted molar refractivity (Wildman–Crippen MR) is 80.8 cm³/mol. The van der Waals surface area contributed by atoms with E-state index in [0.29, 0.717) is 23.0 Å². The molecule has 1 aromatic carbocycles. The van der Waals surface area contributed by atoms with Crippen LogP contribution in [0.2, 0.25) is 10.0 Å². The van der Waals surface area contributed by atoms with Crippen LogP contribution in [0.5, 0.6) is 0 Å². The molecular formula is C14H20Cl2N2O. The smallest absolute Gasteiger partial charge is 0.223 e. The highest BCUT2D eigenvalue weighted by molar-refractivity contribution is 6.35. The van der Waals surface area contributed by atoms with Crippen LogP contribution >= 0.6 is 23.2 Å². The topological polar surface area (TPSA) is 32.3 Å². The Kier molecular flexibility index (Phi) is 6.63. The Morgan fingerprint density at radius 3 is 2.58 bits per heavy atom. The van der Waals surface area contributed by atoms with E-state index >= 15 is 0 Å². The first-order valence-electron chi connectivity index (χ1n) is 6.34. The molecule has 1 amide bonds. The van der Waals surface area contributed by atoms with E-state index in [4.69, 9.17) is 23.2 Å². The minimum Gasteiger partial charge on any atom is -0.349 e. The van der Waals surface area contributed by atoms with E-state index in [0.717, 1.165) is 12.0 Å². The number of rotatable bonds is 6. The SMILES string of the molecule is CCC(NCCC(=O)N(C)C)c1ccc(Cl)cc1Cl. The van der Waals surface area contributed by atoms with Gasteiger partial charge in [-0.3, -0.25) is 4.79 Å². The Morgan fingerprint density at radius 2 is 2.05 bits per heavy atom. The summed E-state index contributed by atoms with van der Waals surface area (Å²) >= 11 is 12.1. The molecule has 0 radical (unpaired) electrons. The summed E-state index contributed by atoms with van der Waals surface area (Å²) in [6.07, 6.45) is 1.38. The van der Waals surface area contributed by atoms with Crippen molar-refractivity contribution >= 4 is 29.1 Å². The maximum Gasteiger partial charge on any atom is 0.223 e. The van der Waals surface area contributed by atoms with Gasteiger partial charge < -0.3 is 10.2 Å². The molecule has 0 bridgehead atoms. The second kappa shape index (κ2) is 7.73. The van der Waals surface area contributed by atoms with Gasteiger partial charge in [-0.25, -0.2) is 0 Å². The summed E-state index contributed by atoms with van der Waals surface area (Å²) in [6, 6.07) is 5.64. The fourth-order valence-electron chi connectivity index (χ4n) is 1.84. The number of nitrogens with one attached hydrogen (secondary N) is 1. The quantitative estimate of drug-likeness (QED) is 0.872. The largest absolute Gasteiger partial charge is 0.349 e. The standard InChI is InChI=1S/C14H20Cl2N2O/c1-4-13(17-8-7-14(19)18(2)3)11-6-5-10(15)9-12(11)16/h5-6,9,13,17H,4,7-8H2,1-3H3. The van der Waals surface area contributed by atoms with Crippen molar-refractivity contribution in [2.24, 2.45) is 0 Å². The maximum atomic E-state index is 11.5. The van der Waals surface area contributed by atoms with Gasteiger partial charge in [0.15, 0.2) is 0 Å². The molecule has 0 fully saturated rings. The van der Waals surface area contributed by atoms with Crippen LogP contribution in [0.1, 0.15) is 31.4 Å². The van der Waals surface area contributed by atoms with Gasteiger partial charge >= 0.3 is 0 Å². The van der Waals surface area contributed by atoms with Gasteiger partial charge in [0.05, 0.1) is 0 Å². The van der Waals surface area contributed by atoms with Crippen LogP contribution in [0.3, 0.4) is 0 Å². The summed E-state index contributed by atoms with van der Waals surface area (Å²) in [4.78, 5) is 13.1. The van der Waals surface area contributed by atoms with Crippen LogP contribution in [-0.4, -0.2) is 31.4 Å². The average molecular weight is 303 g/mol. The second-order valence-corrected chi connectivity index (χ2v) is 5.46. The fourth-order valence-corrected chi connectivity index (χ4v) is 2.38. The number of carbonyl (C=O) groups excluding carboxylic acids is 1. The maximum absolute atomic E-state index is 11.5. The summed E-state index contributed by atoms with van der Waals surface area (Å²) in [5.41, 5.74) is 1.02. The lowest BCUT2D eigenvalue weighted by atomic mass is 10.0. The molecule has 3 nitrogen and oxygen atoms in total. The van der Waals surface area contributed by atoms with Crippen molar-refractivity contribution in [3.63, 3.8) is 0 Å². The van der Waals surface area contributed by atoms with Crippen LogP contribution in [0.4, 0.5) is 0 Å². The van der Waals surface area contributed by atoms with Crippen molar-refractivity contribution in [1.29, 1.82) is 0 Å². The minimum atomic E-state index is 0.115. The monoisotopic (exact) mass is 302 g/mol. The highest BCUT2D eigenvalue weighted by Crippen LogP contribution is 2.27. The molecule has 106 valence electrons. The molecule has 0 heterocycles. The molecule has 19 heavy (non-hydrogen) atoms. The molecule has 1 N–H and O–H groups in total. The highest BCUT2D eigenvalue weighted by atomic mass is 35.5. The lowest BCUT2D eigenvalue weighted by Crippen LogP contribution is -2.28. The molecular weight excluding hydrogens is 283 g/mol. The van der Waals surface area contributed by atoms with Gasteiger partial charge in [-0.05, 0) is 24.1 Å².